The number of ether oxygens (including phenoxy) is 1. The van der Waals surface area contributed by atoms with E-state index in [0.717, 1.165) is 15.9 Å². The standard InChI is InChI=1S/C19H18BrClN4O2/c1-13-22-18(23-25(13)16-7-5-15(21)6-8-16)19(26)24(2)11-12-27-17-9-3-14(20)4-10-17/h3-10H,11-12H2,1-2H3. The number of carbonyl (C=O) groups excluding carboxylic acids is 1. The lowest BCUT2D eigenvalue weighted by Crippen LogP contribution is -2.31. The zero-order valence-electron chi connectivity index (χ0n) is 14.9. The number of carbonyl (C=O) groups is 1. The van der Waals surface area contributed by atoms with Gasteiger partial charge in [-0.2, -0.15) is 0 Å². The molecule has 0 unspecified atom stereocenters. The van der Waals surface area contributed by atoms with Crippen LogP contribution in [0.1, 0.15) is 16.4 Å². The molecule has 3 rings (SSSR count). The smallest absolute Gasteiger partial charge is 0.293 e. The number of amides is 1. The van der Waals surface area contributed by atoms with Gasteiger partial charge in [-0.1, -0.05) is 27.5 Å². The minimum absolute atomic E-state index is 0.147. The van der Waals surface area contributed by atoms with Gasteiger partial charge in [0.2, 0.25) is 5.82 Å². The summed E-state index contributed by atoms with van der Waals surface area (Å²) in [5, 5.41) is 4.97. The van der Waals surface area contributed by atoms with E-state index in [9.17, 15) is 4.79 Å². The summed E-state index contributed by atoms with van der Waals surface area (Å²) in [5.74, 6) is 1.26. The summed E-state index contributed by atoms with van der Waals surface area (Å²) < 4.78 is 8.26. The maximum atomic E-state index is 12.6. The summed E-state index contributed by atoms with van der Waals surface area (Å²) >= 11 is 9.30. The number of benzene rings is 2. The van der Waals surface area contributed by atoms with Crippen LogP contribution in [0.25, 0.3) is 5.69 Å². The van der Waals surface area contributed by atoms with E-state index in [1.165, 1.54) is 0 Å². The Balaban J connectivity index is 1.62. The van der Waals surface area contributed by atoms with Gasteiger partial charge in [0.15, 0.2) is 0 Å². The second-order valence-corrected chi connectivity index (χ2v) is 7.25. The molecule has 0 spiro atoms. The molecule has 27 heavy (non-hydrogen) atoms. The van der Waals surface area contributed by atoms with Gasteiger partial charge in [0.05, 0.1) is 12.2 Å². The minimum Gasteiger partial charge on any atom is -0.492 e. The van der Waals surface area contributed by atoms with Crippen LogP contribution in [0.5, 0.6) is 5.75 Å². The van der Waals surface area contributed by atoms with Gasteiger partial charge >= 0.3 is 0 Å². The van der Waals surface area contributed by atoms with Crippen molar-refractivity contribution in [3.8, 4) is 11.4 Å². The monoisotopic (exact) mass is 448 g/mol. The third-order valence-corrected chi connectivity index (χ3v) is 4.67. The predicted molar refractivity (Wildman–Crippen MR) is 108 cm³/mol. The Hall–Kier alpha value is -2.38. The van der Waals surface area contributed by atoms with Gasteiger partial charge in [0, 0.05) is 16.5 Å². The molecule has 0 atom stereocenters. The van der Waals surface area contributed by atoms with E-state index < -0.39 is 0 Å². The maximum absolute atomic E-state index is 12.6. The van der Waals surface area contributed by atoms with Gasteiger partial charge < -0.3 is 9.64 Å². The molecule has 0 saturated heterocycles. The lowest BCUT2D eigenvalue weighted by Gasteiger charge is -2.15. The summed E-state index contributed by atoms with van der Waals surface area (Å²) in [7, 11) is 1.70. The van der Waals surface area contributed by atoms with Crippen LogP contribution in [-0.2, 0) is 0 Å². The first kappa shape index (κ1) is 19.4. The highest BCUT2D eigenvalue weighted by Crippen LogP contribution is 2.16. The molecule has 2 aromatic carbocycles. The van der Waals surface area contributed by atoms with E-state index in [2.05, 4.69) is 26.0 Å². The summed E-state index contributed by atoms with van der Waals surface area (Å²) in [6, 6.07) is 14.7. The number of nitrogens with zero attached hydrogens (tertiary/aromatic N) is 4. The Morgan fingerprint density at radius 1 is 1.19 bits per heavy atom. The van der Waals surface area contributed by atoms with Crippen molar-refractivity contribution in [2.75, 3.05) is 20.2 Å². The lowest BCUT2D eigenvalue weighted by molar-refractivity contribution is 0.0762. The Kier molecular flexibility index (Phi) is 6.13. The van der Waals surface area contributed by atoms with Crippen molar-refractivity contribution < 1.29 is 9.53 Å². The quantitative estimate of drug-likeness (QED) is 0.567. The summed E-state index contributed by atoms with van der Waals surface area (Å²) in [6.45, 7) is 2.60. The Labute approximate surface area is 170 Å². The summed E-state index contributed by atoms with van der Waals surface area (Å²) in [6.07, 6.45) is 0. The number of hydrogen-bond donors (Lipinski definition) is 0. The molecule has 0 aliphatic rings. The first-order chi connectivity index (χ1) is 12.9. The van der Waals surface area contributed by atoms with Crippen molar-refractivity contribution >= 4 is 33.4 Å². The molecular weight excluding hydrogens is 432 g/mol. The molecule has 0 N–H and O–H groups in total. The van der Waals surface area contributed by atoms with E-state index in [-0.39, 0.29) is 11.7 Å². The minimum atomic E-state index is -0.259. The SMILES string of the molecule is Cc1nc(C(=O)N(C)CCOc2ccc(Br)cc2)nn1-c1ccc(Cl)cc1. The van der Waals surface area contributed by atoms with Crippen LogP contribution >= 0.6 is 27.5 Å². The zero-order chi connectivity index (χ0) is 19.4. The first-order valence-corrected chi connectivity index (χ1v) is 9.44. The summed E-state index contributed by atoms with van der Waals surface area (Å²) in [5.41, 5.74) is 0.796. The van der Waals surface area contributed by atoms with Crippen LogP contribution in [0.2, 0.25) is 5.02 Å². The largest absolute Gasteiger partial charge is 0.492 e. The highest BCUT2D eigenvalue weighted by molar-refractivity contribution is 9.10. The average molecular weight is 450 g/mol. The molecule has 3 aromatic rings. The van der Waals surface area contributed by atoms with Crippen molar-refractivity contribution in [2.45, 2.75) is 6.92 Å². The zero-order valence-corrected chi connectivity index (χ0v) is 17.2. The molecule has 1 aromatic heterocycles. The Morgan fingerprint density at radius 2 is 1.85 bits per heavy atom. The molecule has 0 radical (unpaired) electrons. The van der Waals surface area contributed by atoms with E-state index >= 15 is 0 Å². The van der Waals surface area contributed by atoms with Gasteiger partial charge in [-0.25, -0.2) is 9.67 Å². The fraction of sp³-hybridized carbons (Fsp3) is 0.211. The highest BCUT2D eigenvalue weighted by Gasteiger charge is 2.19. The van der Waals surface area contributed by atoms with Gasteiger partial charge in [0.1, 0.15) is 18.2 Å². The second kappa shape index (κ2) is 8.54. The van der Waals surface area contributed by atoms with Crippen LogP contribution in [0.3, 0.4) is 0 Å². The van der Waals surface area contributed by atoms with E-state index in [0.29, 0.717) is 24.0 Å². The fourth-order valence-corrected chi connectivity index (χ4v) is 2.80. The Bertz CT molecular complexity index is 926. The number of rotatable bonds is 6. The van der Waals surface area contributed by atoms with Gasteiger partial charge in [0.25, 0.3) is 5.91 Å². The summed E-state index contributed by atoms with van der Waals surface area (Å²) in [4.78, 5) is 18.4. The highest BCUT2D eigenvalue weighted by atomic mass is 79.9. The molecule has 0 aliphatic carbocycles. The normalized spacial score (nSPS) is 10.7. The molecule has 0 bridgehead atoms. The lowest BCUT2D eigenvalue weighted by atomic mass is 10.3. The van der Waals surface area contributed by atoms with Gasteiger partial charge in [-0.05, 0) is 55.5 Å². The fourth-order valence-electron chi connectivity index (χ4n) is 2.41. The van der Waals surface area contributed by atoms with Crippen molar-refractivity contribution in [3.05, 3.63) is 69.7 Å². The molecule has 0 aliphatic heterocycles. The van der Waals surface area contributed by atoms with Crippen molar-refractivity contribution in [1.82, 2.24) is 19.7 Å². The van der Waals surface area contributed by atoms with Crippen LogP contribution in [0.4, 0.5) is 0 Å². The second-order valence-electron chi connectivity index (χ2n) is 5.90. The van der Waals surface area contributed by atoms with E-state index in [1.54, 1.807) is 35.7 Å². The van der Waals surface area contributed by atoms with Crippen molar-refractivity contribution in [2.24, 2.45) is 0 Å². The Morgan fingerprint density at radius 3 is 2.52 bits per heavy atom. The topological polar surface area (TPSA) is 60.3 Å². The third kappa shape index (κ3) is 4.87. The van der Waals surface area contributed by atoms with Crippen molar-refractivity contribution in [1.29, 1.82) is 0 Å². The molecular formula is C19H18BrClN4O2. The first-order valence-electron chi connectivity index (χ1n) is 8.27. The predicted octanol–water partition coefficient (Wildman–Crippen LogP) is 4.14. The molecule has 8 heteroatoms. The van der Waals surface area contributed by atoms with Crippen LogP contribution in [0.15, 0.2) is 53.0 Å². The molecule has 140 valence electrons. The molecule has 1 amide bonds. The third-order valence-electron chi connectivity index (χ3n) is 3.89. The number of hydrogen-bond acceptors (Lipinski definition) is 4. The van der Waals surface area contributed by atoms with Crippen LogP contribution < -0.4 is 4.74 Å². The number of aryl methyl sites for hydroxylation is 1. The molecule has 0 saturated carbocycles. The van der Waals surface area contributed by atoms with Crippen LogP contribution in [0, 0.1) is 6.92 Å². The average Bonchev–Trinajstić information content (AvgIpc) is 3.05. The number of halogens is 2. The van der Waals surface area contributed by atoms with Gasteiger partial charge in [-0.15, -0.1) is 5.10 Å². The van der Waals surface area contributed by atoms with E-state index in [4.69, 9.17) is 16.3 Å². The number of likely N-dealkylation sites (N-methyl/N-ethyl adjacent to an activating group) is 1. The van der Waals surface area contributed by atoms with Gasteiger partial charge in [-0.3, -0.25) is 4.79 Å². The molecule has 6 nitrogen and oxygen atoms in total. The van der Waals surface area contributed by atoms with Crippen LogP contribution in [-0.4, -0.2) is 45.8 Å². The van der Waals surface area contributed by atoms with E-state index in [1.807, 2.05) is 36.4 Å². The maximum Gasteiger partial charge on any atom is 0.293 e. The molecule has 0 fully saturated rings. The van der Waals surface area contributed by atoms with Crippen molar-refractivity contribution in [3.63, 3.8) is 0 Å². The number of aromatic nitrogens is 3. The molecule has 1 heterocycles.